The quantitative estimate of drug-likeness (QED) is 0.0686. The number of thiol groups is 2. The molecule has 3 aliphatic heterocycles. The number of aromatic nitrogens is 7. The molecule has 3 aliphatic rings. The zero-order chi connectivity index (χ0) is 38.4. The van der Waals surface area contributed by atoms with Gasteiger partial charge in [0.15, 0.2) is 23.6 Å². The second-order valence-corrected chi connectivity index (χ2v) is 18.3. The number of anilines is 1. The van der Waals surface area contributed by atoms with Crippen LogP contribution in [0.2, 0.25) is 0 Å². The van der Waals surface area contributed by atoms with Crippen LogP contribution in [0, 0.1) is 0 Å². The fourth-order valence-electron chi connectivity index (χ4n) is 6.61. The number of ether oxygens (including phenoxy) is 2. The van der Waals surface area contributed by atoms with Crippen molar-refractivity contribution < 1.29 is 56.5 Å². The molecule has 7 heterocycles. The number of aryl methyl sites for hydroxylation is 1. The van der Waals surface area contributed by atoms with Gasteiger partial charge in [0.25, 0.3) is 5.56 Å². The first-order chi connectivity index (χ1) is 25.7. The van der Waals surface area contributed by atoms with E-state index < -0.39 is 87.9 Å². The van der Waals surface area contributed by atoms with Crippen molar-refractivity contribution >= 4 is 72.0 Å². The highest BCUT2D eigenvalue weighted by atomic mass is 32.7. The number of fused-ring (bicyclic) bond motifs is 1. The zero-order valence-electron chi connectivity index (χ0n) is 28.0. The molecule has 0 radical (unpaired) electrons. The third kappa shape index (κ3) is 8.25. The molecule has 2 unspecified atom stereocenters. The minimum Gasteiger partial charge on any atom is -0.387 e. The van der Waals surface area contributed by atoms with Crippen LogP contribution in [0.3, 0.4) is 0 Å². The van der Waals surface area contributed by atoms with Crippen LogP contribution >= 0.6 is 38.1 Å². The van der Waals surface area contributed by atoms with E-state index in [2.05, 4.69) is 55.1 Å². The van der Waals surface area contributed by atoms with E-state index in [1.807, 2.05) is 0 Å². The van der Waals surface area contributed by atoms with Gasteiger partial charge >= 0.3 is 13.6 Å². The number of halogens is 1. The highest BCUT2D eigenvalue weighted by Crippen LogP contribution is 2.57. The van der Waals surface area contributed by atoms with E-state index in [0.29, 0.717) is 11.5 Å². The lowest BCUT2D eigenvalue weighted by molar-refractivity contribution is -0.123. The summed E-state index contributed by atoms with van der Waals surface area (Å²) in [7, 11) is 0. The summed E-state index contributed by atoms with van der Waals surface area (Å²) < 4.78 is 73.0. The van der Waals surface area contributed by atoms with Crippen LogP contribution in [0.1, 0.15) is 30.9 Å². The van der Waals surface area contributed by atoms with Crippen LogP contribution < -0.4 is 16.2 Å². The van der Waals surface area contributed by atoms with E-state index >= 15 is 4.39 Å². The molecule has 0 bridgehead atoms. The summed E-state index contributed by atoms with van der Waals surface area (Å²) in [6.45, 7) is -9.80. The Morgan fingerprint density at radius 3 is 2.69 bits per heavy atom. The van der Waals surface area contributed by atoms with Crippen molar-refractivity contribution in [2.45, 2.75) is 68.9 Å². The van der Waals surface area contributed by atoms with Crippen molar-refractivity contribution in [2.24, 2.45) is 0 Å². The Labute approximate surface area is 314 Å². The van der Waals surface area contributed by atoms with Crippen molar-refractivity contribution in [1.29, 1.82) is 0 Å². The van der Waals surface area contributed by atoms with Crippen molar-refractivity contribution in [3.8, 4) is 0 Å². The molecule has 294 valence electrons. The number of carbonyl (C=O) groups is 1. The Kier molecular flexibility index (Phi) is 11.5. The fourth-order valence-corrected chi connectivity index (χ4v) is 8.63. The lowest BCUT2D eigenvalue weighted by Gasteiger charge is -2.25. The number of carbonyl (C=O) groups excluding carboxylic acids is 1. The maximum absolute atomic E-state index is 15.5. The van der Waals surface area contributed by atoms with E-state index in [9.17, 15) is 28.7 Å². The molecule has 0 spiro atoms. The molecular weight excluding hydrogens is 799 g/mol. The Bertz CT molecular complexity index is 2190. The third-order valence-corrected chi connectivity index (χ3v) is 11.5. The van der Waals surface area contributed by atoms with Crippen molar-refractivity contribution in [3.05, 3.63) is 41.1 Å². The molecule has 0 aromatic carbocycles. The predicted molar refractivity (Wildman–Crippen MR) is 192 cm³/mol. The summed E-state index contributed by atoms with van der Waals surface area (Å²) in [6.07, 6.45) is -2.48. The number of aliphatic hydroxyl groups is 2. The number of hydrogen-bond donors (Lipinski definition) is 7. The van der Waals surface area contributed by atoms with Gasteiger partial charge in [0, 0.05) is 32.3 Å². The van der Waals surface area contributed by atoms with Gasteiger partial charge in [0.1, 0.15) is 55.2 Å². The highest BCUT2D eigenvalue weighted by Gasteiger charge is 2.50. The van der Waals surface area contributed by atoms with Gasteiger partial charge in [-0.2, -0.15) is 0 Å². The molecule has 0 saturated carbocycles. The van der Waals surface area contributed by atoms with Gasteiger partial charge in [-0.3, -0.25) is 32.3 Å². The van der Waals surface area contributed by atoms with Gasteiger partial charge in [-0.1, -0.05) is 24.5 Å². The molecule has 4 aromatic rings. The Hall–Kier alpha value is -2.99. The summed E-state index contributed by atoms with van der Waals surface area (Å²) in [5, 5.41) is 26.6. The maximum atomic E-state index is 15.5. The molecule has 2 saturated heterocycles. The molecule has 1 amide bonds. The Morgan fingerprint density at radius 2 is 1.91 bits per heavy atom. The molecule has 2 fully saturated rings. The van der Waals surface area contributed by atoms with E-state index in [1.54, 1.807) is 10.8 Å². The van der Waals surface area contributed by atoms with Gasteiger partial charge < -0.3 is 39.8 Å². The predicted octanol–water partition coefficient (Wildman–Crippen LogP) is 0.875. The highest BCUT2D eigenvalue weighted by molar-refractivity contribution is 8.44. The second-order valence-electron chi connectivity index (χ2n) is 12.7. The molecule has 5 N–H and O–H groups in total. The summed E-state index contributed by atoms with van der Waals surface area (Å²) in [5.41, 5.74) is 0.668. The van der Waals surface area contributed by atoms with Gasteiger partial charge in [0.2, 0.25) is 5.91 Å². The summed E-state index contributed by atoms with van der Waals surface area (Å²) in [6, 6.07) is 0. The van der Waals surface area contributed by atoms with Crippen molar-refractivity contribution in [3.63, 3.8) is 0 Å². The Balaban J connectivity index is 1.07. The van der Waals surface area contributed by atoms with E-state index in [1.165, 1.54) is 21.8 Å². The first kappa shape index (κ1) is 39.3. The van der Waals surface area contributed by atoms with E-state index in [4.69, 9.17) is 28.2 Å². The lowest BCUT2D eigenvalue weighted by Crippen LogP contribution is -2.35. The average molecular weight is 836 g/mol. The number of imidazole rings is 1. The fraction of sp³-hybridized carbons (Fsp3) is 0.571. The molecular formula is C28H36FN9O12P2S2. The zero-order valence-corrected chi connectivity index (χ0v) is 31.6. The average Bonchev–Trinajstić information content (AvgIpc) is 3.86. The minimum absolute atomic E-state index is 0.000267. The van der Waals surface area contributed by atoms with Crippen LogP contribution in [0.25, 0.3) is 22.2 Å². The minimum atomic E-state index is -4.42. The first-order valence-electron chi connectivity index (χ1n) is 16.6. The summed E-state index contributed by atoms with van der Waals surface area (Å²) in [4.78, 5) is 51.2. The van der Waals surface area contributed by atoms with Crippen LogP contribution in [-0.4, -0.2) is 118 Å². The summed E-state index contributed by atoms with van der Waals surface area (Å²) in [5.74, 6) is 0.0273. The van der Waals surface area contributed by atoms with E-state index in [0.717, 1.165) is 36.7 Å². The number of nitrogens with zero attached hydrogens (tertiary/aromatic N) is 7. The van der Waals surface area contributed by atoms with Crippen LogP contribution in [0.4, 0.5) is 10.2 Å². The second kappa shape index (κ2) is 15.9. The number of alkyl halides is 1. The molecule has 26 heteroatoms. The maximum Gasteiger partial charge on any atom is 0.386 e. The Morgan fingerprint density at radius 1 is 1.09 bits per heavy atom. The third-order valence-electron chi connectivity index (χ3n) is 9.05. The SMILES string of the molecule is O=C(CO)NCCn1cnc2c(ncn2[C@@H]2O[C@H](COP(=O)(O)S)[C@@H](O)[C@H]2OP(=O)(S)OC[C@@H]2C[C@@H](F)[C@H](n3cc4c5c(ncnc53)NCCC4)O2)c1=O. The number of hydrogen-bond acceptors (Lipinski definition) is 16. The van der Waals surface area contributed by atoms with Crippen LogP contribution in [0.15, 0.2) is 30.0 Å². The van der Waals surface area contributed by atoms with E-state index in [-0.39, 0.29) is 30.7 Å². The smallest absolute Gasteiger partial charge is 0.386 e. The molecule has 9 atom stereocenters. The molecule has 4 aromatic heterocycles. The van der Waals surface area contributed by atoms with Crippen molar-refractivity contribution in [2.75, 3.05) is 38.2 Å². The van der Waals surface area contributed by atoms with Crippen LogP contribution in [0.5, 0.6) is 0 Å². The summed E-state index contributed by atoms with van der Waals surface area (Å²) >= 11 is 7.58. The molecule has 7 rings (SSSR count). The number of amides is 1. The molecule has 54 heavy (non-hydrogen) atoms. The lowest BCUT2D eigenvalue weighted by atomic mass is 10.1. The molecule has 0 aliphatic carbocycles. The van der Waals surface area contributed by atoms with Gasteiger partial charge in [-0.05, 0) is 18.4 Å². The van der Waals surface area contributed by atoms with Crippen molar-refractivity contribution in [1.82, 2.24) is 39.0 Å². The monoisotopic (exact) mass is 835 g/mol. The van der Waals surface area contributed by atoms with Crippen LogP contribution in [-0.2, 0) is 49.9 Å². The topological polar surface area (TPSA) is 266 Å². The first-order valence-corrected chi connectivity index (χ1v) is 22.0. The number of rotatable bonds is 14. The normalized spacial score (nSPS) is 27.8. The number of nitrogens with one attached hydrogen (secondary N) is 2. The molecule has 21 nitrogen and oxygen atoms in total. The standard InChI is InChI=1S/C28H36FN9O12P2S2/c29-16-6-15(48-27(16)37-7-14-2-1-3-31-23-19(14)24(37)33-11-32-23)9-47-52(45,54)50-22-21(41)17(10-46-51(43,44)53)49-28(22)38-13-34-20-25(38)35-12-36(26(20)42)5-4-30-18(40)8-39/h7,11-13,15-17,21-22,27-28,39,41H,1-6,8-10H2,(H,30,40)(H,45,54)(H,31,32,33)(H2,43,44,53)/t15-,16+,17+,21+,22+,27+,28+,52?/m0/s1. The van der Waals surface area contributed by atoms with Gasteiger partial charge in [-0.15, -0.1) is 0 Å². The van der Waals surface area contributed by atoms with Gasteiger partial charge in [-0.25, -0.2) is 33.5 Å². The number of aliphatic hydroxyl groups excluding tert-OH is 2. The van der Waals surface area contributed by atoms with Gasteiger partial charge in [0.05, 0.1) is 31.0 Å². The largest absolute Gasteiger partial charge is 0.387 e.